The van der Waals surface area contributed by atoms with Gasteiger partial charge in [-0.15, -0.1) is 0 Å². The molecular formula is C17H15BrN4O5S. The second-order valence-electron chi connectivity index (χ2n) is 5.82. The molecule has 28 heavy (non-hydrogen) atoms. The highest BCUT2D eigenvalue weighted by atomic mass is 79.9. The van der Waals surface area contributed by atoms with Crippen LogP contribution >= 0.6 is 27.7 Å². The highest BCUT2D eigenvalue weighted by Gasteiger charge is 2.17. The number of ether oxygens (including phenoxy) is 1. The molecule has 2 heterocycles. The van der Waals surface area contributed by atoms with E-state index in [2.05, 4.69) is 25.9 Å². The van der Waals surface area contributed by atoms with E-state index in [1.165, 1.54) is 16.2 Å². The number of fused-ring (bicyclic) bond motifs is 1. The molecule has 0 bridgehead atoms. The van der Waals surface area contributed by atoms with Crippen LogP contribution in [0.5, 0.6) is 0 Å². The first-order valence-electron chi connectivity index (χ1n) is 8.01. The summed E-state index contributed by atoms with van der Waals surface area (Å²) in [6, 6.07) is 6.73. The summed E-state index contributed by atoms with van der Waals surface area (Å²) in [6.07, 6.45) is 0. The number of H-pyrrole nitrogens is 1. The van der Waals surface area contributed by atoms with Gasteiger partial charge in [0.2, 0.25) is 0 Å². The van der Waals surface area contributed by atoms with Crippen LogP contribution in [0.4, 0.5) is 0 Å². The van der Waals surface area contributed by atoms with Gasteiger partial charge in [-0.05, 0) is 12.1 Å². The predicted molar refractivity (Wildman–Crippen MR) is 107 cm³/mol. The third-order valence-electron chi connectivity index (χ3n) is 3.94. The van der Waals surface area contributed by atoms with Crippen molar-refractivity contribution in [3.8, 4) is 0 Å². The van der Waals surface area contributed by atoms with Crippen molar-refractivity contribution in [2.24, 2.45) is 14.1 Å². The van der Waals surface area contributed by atoms with Crippen LogP contribution in [0.15, 0.2) is 43.5 Å². The van der Waals surface area contributed by atoms with Crippen molar-refractivity contribution < 1.29 is 14.3 Å². The quantitative estimate of drug-likeness (QED) is 0.330. The Kier molecular flexibility index (Phi) is 5.84. The molecule has 0 saturated carbocycles. The standard InChI is InChI=1S/C17H15BrN4O5S/c1-21-13-14(22(2)16(26)20-15(13)25)19-17(21)28-8-12(24)27-7-11(23)9-3-5-10(18)6-4-9/h3-6H,7-8H2,1-2H3,(H,20,25,26). The largest absolute Gasteiger partial charge is 0.457 e. The monoisotopic (exact) mass is 466 g/mol. The average Bonchev–Trinajstić information content (AvgIpc) is 3.00. The van der Waals surface area contributed by atoms with E-state index in [0.29, 0.717) is 10.7 Å². The number of rotatable bonds is 6. The molecule has 1 aromatic carbocycles. The number of nitrogens with one attached hydrogen (secondary N) is 1. The molecule has 0 aliphatic rings. The minimum Gasteiger partial charge on any atom is -0.457 e. The van der Waals surface area contributed by atoms with Crippen LogP contribution < -0.4 is 11.2 Å². The zero-order valence-corrected chi connectivity index (χ0v) is 17.3. The Hall–Kier alpha value is -2.66. The van der Waals surface area contributed by atoms with Crippen molar-refractivity contribution in [2.45, 2.75) is 5.16 Å². The van der Waals surface area contributed by atoms with Crippen molar-refractivity contribution in [3.63, 3.8) is 0 Å². The molecule has 0 saturated heterocycles. The summed E-state index contributed by atoms with van der Waals surface area (Å²) in [5.41, 5.74) is -0.235. The molecule has 0 spiro atoms. The Bertz CT molecular complexity index is 1180. The number of thioether (sulfide) groups is 1. The number of imidazole rings is 1. The Morgan fingerprint density at radius 2 is 1.86 bits per heavy atom. The SMILES string of the molecule is Cn1c(SCC(=O)OCC(=O)c2ccc(Br)cc2)nc2c1c(=O)[nH]c(=O)n2C. The fourth-order valence-electron chi connectivity index (χ4n) is 2.45. The van der Waals surface area contributed by atoms with E-state index >= 15 is 0 Å². The van der Waals surface area contributed by atoms with E-state index < -0.39 is 17.2 Å². The molecule has 3 aromatic rings. The summed E-state index contributed by atoms with van der Waals surface area (Å²) in [7, 11) is 3.10. The molecule has 0 unspecified atom stereocenters. The molecule has 1 N–H and O–H groups in total. The third kappa shape index (κ3) is 4.09. The van der Waals surface area contributed by atoms with E-state index in [1.807, 2.05) is 0 Å². The number of nitrogens with zero attached hydrogens (tertiary/aromatic N) is 3. The summed E-state index contributed by atoms with van der Waals surface area (Å²) in [4.78, 5) is 54.1. The number of benzene rings is 1. The number of ketones is 1. The van der Waals surface area contributed by atoms with Crippen molar-refractivity contribution in [1.82, 2.24) is 19.1 Å². The number of aromatic nitrogens is 4. The number of aromatic amines is 1. The van der Waals surface area contributed by atoms with Gasteiger partial charge in [0.05, 0.1) is 5.75 Å². The van der Waals surface area contributed by atoms with Crippen LogP contribution in [0.3, 0.4) is 0 Å². The number of hydrogen-bond acceptors (Lipinski definition) is 7. The van der Waals surface area contributed by atoms with Gasteiger partial charge in [0.1, 0.15) is 0 Å². The van der Waals surface area contributed by atoms with Crippen LogP contribution in [-0.2, 0) is 23.6 Å². The molecule has 0 fully saturated rings. The first-order chi connectivity index (χ1) is 13.3. The van der Waals surface area contributed by atoms with Gasteiger partial charge >= 0.3 is 11.7 Å². The van der Waals surface area contributed by atoms with Crippen LogP contribution in [0, 0.1) is 0 Å². The molecule has 0 amide bonds. The Morgan fingerprint density at radius 1 is 1.18 bits per heavy atom. The van der Waals surface area contributed by atoms with Crippen LogP contribution in [-0.4, -0.2) is 43.2 Å². The second kappa shape index (κ2) is 8.15. The molecule has 0 aliphatic heterocycles. The van der Waals surface area contributed by atoms with E-state index in [1.54, 1.807) is 31.3 Å². The normalized spacial score (nSPS) is 11.0. The summed E-state index contributed by atoms with van der Waals surface area (Å²) < 4.78 is 8.57. The van der Waals surface area contributed by atoms with Gasteiger partial charge in [-0.2, -0.15) is 0 Å². The highest BCUT2D eigenvalue weighted by molar-refractivity contribution is 9.10. The van der Waals surface area contributed by atoms with Gasteiger partial charge in [0, 0.05) is 24.1 Å². The topological polar surface area (TPSA) is 116 Å². The molecule has 3 rings (SSSR count). The molecule has 0 aliphatic carbocycles. The number of carbonyl (C=O) groups excluding carboxylic acids is 2. The number of hydrogen-bond donors (Lipinski definition) is 1. The van der Waals surface area contributed by atoms with E-state index in [4.69, 9.17) is 4.74 Å². The van der Waals surface area contributed by atoms with Crippen molar-refractivity contribution in [1.29, 1.82) is 0 Å². The first kappa shape index (κ1) is 20.1. The van der Waals surface area contributed by atoms with Crippen molar-refractivity contribution >= 4 is 50.6 Å². The summed E-state index contributed by atoms with van der Waals surface area (Å²) >= 11 is 4.33. The average molecular weight is 467 g/mol. The van der Waals surface area contributed by atoms with Crippen LogP contribution in [0.25, 0.3) is 11.2 Å². The van der Waals surface area contributed by atoms with Gasteiger partial charge in [0.15, 0.2) is 28.7 Å². The molecule has 0 atom stereocenters. The molecule has 146 valence electrons. The lowest BCUT2D eigenvalue weighted by atomic mass is 10.1. The fourth-order valence-corrected chi connectivity index (χ4v) is 3.48. The summed E-state index contributed by atoms with van der Waals surface area (Å²) in [5.74, 6) is -1.00. The summed E-state index contributed by atoms with van der Waals surface area (Å²) in [6.45, 7) is -0.363. The zero-order chi connectivity index (χ0) is 20.4. The molecule has 0 radical (unpaired) electrons. The van der Waals surface area contributed by atoms with Gasteiger partial charge in [-0.1, -0.05) is 39.8 Å². The molecule has 9 nitrogen and oxygen atoms in total. The third-order valence-corrected chi connectivity index (χ3v) is 5.48. The molecular weight excluding hydrogens is 452 g/mol. The van der Waals surface area contributed by atoms with Gasteiger partial charge < -0.3 is 9.30 Å². The minimum atomic E-state index is -0.592. The lowest BCUT2D eigenvalue weighted by Crippen LogP contribution is -2.29. The summed E-state index contributed by atoms with van der Waals surface area (Å²) in [5, 5.41) is 0.373. The highest BCUT2D eigenvalue weighted by Crippen LogP contribution is 2.20. The fraction of sp³-hybridized carbons (Fsp3) is 0.235. The maximum Gasteiger partial charge on any atom is 0.329 e. The first-order valence-corrected chi connectivity index (χ1v) is 9.78. The van der Waals surface area contributed by atoms with E-state index in [-0.39, 0.29) is 29.3 Å². The maximum absolute atomic E-state index is 12.0. The number of Topliss-reactive ketones (excluding diaryl/α,β-unsaturated/α-hetero) is 1. The number of halogens is 1. The number of esters is 1. The van der Waals surface area contributed by atoms with Gasteiger partial charge in [-0.3, -0.25) is 23.9 Å². The Balaban J connectivity index is 1.64. The number of carbonyl (C=O) groups is 2. The van der Waals surface area contributed by atoms with Gasteiger partial charge in [0.25, 0.3) is 5.56 Å². The van der Waals surface area contributed by atoms with Crippen LogP contribution in [0.1, 0.15) is 10.4 Å². The zero-order valence-electron chi connectivity index (χ0n) is 14.9. The smallest absolute Gasteiger partial charge is 0.329 e. The van der Waals surface area contributed by atoms with Gasteiger partial charge in [-0.25, -0.2) is 9.78 Å². The Labute approximate surface area is 170 Å². The minimum absolute atomic E-state index is 0.101. The Morgan fingerprint density at radius 3 is 2.54 bits per heavy atom. The van der Waals surface area contributed by atoms with E-state index in [0.717, 1.165) is 16.2 Å². The second-order valence-corrected chi connectivity index (χ2v) is 7.68. The maximum atomic E-state index is 12.0. The lowest BCUT2D eigenvalue weighted by molar-refractivity contribution is -0.139. The van der Waals surface area contributed by atoms with Crippen molar-refractivity contribution in [2.75, 3.05) is 12.4 Å². The molecule has 2 aromatic heterocycles. The van der Waals surface area contributed by atoms with Crippen molar-refractivity contribution in [3.05, 3.63) is 55.1 Å². The lowest BCUT2D eigenvalue weighted by Gasteiger charge is -2.05. The predicted octanol–water partition coefficient (Wildman–Crippen LogP) is 1.24. The molecule has 11 heteroatoms. The number of aryl methyl sites for hydroxylation is 2. The van der Waals surface area contributed by atoms with E-state index in [9.17, 15) is 19.2 Å². The van der Waals surface area contributed by atoms with Crippen LogP contribution in [0.2, 0.25) is 0 Å².